The molecule has 1 aliphatic rings. The Morgan fingerprint density at radius 3 is 1.85 bits per heavy atom. The average Bonchev–Trinajstić information content (AvgIpc) is 2.91. The van der Waals surface area contributed by atoms with Crippen LogP contribution in [-0.2, 0) is 4.79 Å². The zero-order valence-corrected chi connectivity index (χ0v) is 22.6. The second-order valence-corrected chi connectivity index (χ2v) is 10.6. The number of hydrogen-bond donors (Lipinski definition) is 3. The normalized spacial score (nSPS) is 18.9. The molecule has 1 fully saturated rings. The Labute approximate surface area is 232 Å². The molecule has 1 unspecified atom stereocenters. The molecule has 40 heavy (non-hydrogen) atoms. The lowest BCUT2D eigenvalue weighted by molar-refractivity contribution is -0.145. The molecule has 1 heterocycles. The second kappa shape index (κ2) is 12.0. The average molecular weight is 549 g/mol. The first-order chi connectivity index (χ1) is 19.0. The van der Waals surface area contributed by atoms with Gasteiger partial charge in [-0.1, -0.05) is 36.4 Å². The van der Waals surface area contributed by atoms with Crippen molar-refractivity contribution in [1.82, 2.24) is 9.80 Å². The number of piperidine rings is 1. The number of carbonyl (C=O) groups is 3. The highest BCUT2D eigenvalue weighted by atomic mass is 19.1. The summed E-state index contributed by atoms with van der Waals surface area (Å²) in [6.07, 6.45) is 0. The quantitative estimate of drug-likeness (QED) is 0.344. The summed E-state index contributed by atoms with van der Waals surface area (Å²) in [5.74, 6) is -5.26. The number of rotatable bonds is 9. The van der Waals surface area contributed by atoms with E-state index in [4.69, 9.17) is 0 Å². The van der Waals surface area contributed by atoms with Crippen LogP contribution in [0, 0.1) is 24.6 Å². The van der Waals surface area contributed by atoms with Gasteiger partial charge in [0.05, 0.1) is 0 Å². The molecule has 4 rings (SSSR count). The van der Waals surface area contributed by atoms with Gasteiger partial charge in [-0.3, -0.25) is 19.3 Å². The van der Waals surface area contributed by atoms with Gasteiger partial charge in [0.1, 0.15) is 23.4 Å². The second-order valence-electron chi connectivity index (χ2n) is 10.6. The van der Waals surface area contributed by atoms with Crippen molar-refractivity contribution in [3.63, 3.8) is 0 Å². The Bertz CT molecular complexity index is 1360. The van der Waals surface area contributed by atoms with Crippen LogP contribution < -0.4 is 0 Å². The summed E-state index contributed by atoms with van der Waals surface area (Å²) in [4.78, 5) is 44.0. The number of nitrogens with zero attached hydrogens (tertiary/aromatic N) is 2. The van der Waals surface area contributed by atoms with Crippen LogP contribution in [0.15, 0.2) is 66.7 Å². The van der Waals surface area contributed by atoms with Crippen molar-refractivity contribution in [2.45, 2.75) is 18.9 Å². The van der Waals surface area contributed by atoms with Crippen LogP contribution >= 0.6 is 0 Å². The van der Waals surface area contributed by atoms with E-state index in [0.717, 1.165) is 0 Å². The number of likely N-dealkylation sites (N-methyl/N-ethyl adjacent to an activating group) is 1. The first-order valence-electron chi connectivity index (χ1n) is 13.0. The predicted molar refractivity (Wildman–Crippen MR) is 147 cm³/mol. The molecule has 1 aliphatic heterocycles. The largest absolute Gasteiger partial charge is 0.508 e. The summed E-state index contributed by atoms with van der Waals surface area (Å²) >= 11 is 0. The van der Waals surface area contributed by atoms with E-state index in [0.29, 0.717) is 11.1 Å². The SMILES string of the molecule is Cc1c(F)cccc1C1[C@@H](C(=O)c2cccc(O)c2)CN(C(CN(C)C)C(=O)O)C[C@@H]1C(=O)c1cccc(O)c1. The monoisotopic (exact) mass is 548 g/mol. The van der Waals surface area contributed by atoms with E-state index in [2.05, 4.69) is 0 Å². The highest BCUT2D eigenvalue weighted by Gasteiger charge is 2.48. The summed E-state index contributed by atoms with van der Waals surface area (Å²) in [6.45, 7) is 1.74. The number of aromatic hydroxyl groups is 2. The first kappa shape index (κ1) is 28.9. The van der Waals surface area contributed by atoms with E-state index in [1.165, 1.54) is 48.5 Å². The molecule has 0 aromatic heterocycles. The maximum absolute atomic E-state index is 14.9. The molecule has 3 N–H and O–H groups in total. The molecule has 0 amide bonds. The molecular formula is C31H33FN2O6. The molecule has 0 radical (unpaired) electrons. The summed E-state index contributed by atoms with van der Waals surface area (Å²) in [5.41, 5.74) is 1.19. The Kier molecular flexibility index (Phi) is 8.66. The van der Waals surface area contributed by atoms with Gasteiger partial charge in [-0.25, -0.2) is 4.39 Å². The van der Waals surface area contributed by atoms with E-state index < -0.39 is 47.1 Å². The van der Waals surface area contributed by atoms with Gasteiger partial charge in [0.25, 0.3) is 0 Å². The van der Waals surface area contributed by atoms with Crippen molar-refractivity contribution in [3.05, 3.63) is 94.8 Å². The standard InChI is InChI=1S/C31H33FN2O6/c1-18-23(11-6-12-26(18)32)28-24(29(37)19-7-4-9-21(35)13-19)15-34(27(31(39)40)17-33(2)3)16-25(28)30(38)20-8-5-10-22(36)14-20/h4-14,24-25,27-28,35-36H,15-17H2,1-3H3,(H,39,40)/t24-,25-,27?/m0/s1. The van der Waals surface area contributed by atoms with E-state index in [-0.39, 0.29) is 42.3 Å². The number of carboxylic acids is 1. The van der Waals surface area contributed by atoms with Gasteiger partial charge in [0.2, 0.25) is 0 Å². The number of ketones is 2. The predicted octanol–water partition coefficient (Wildman–Crippen LogP) is 3.96. The number of benzene rings is 3. The highest BCUT2D eigenvalue weighted by Crippen LogP contribution is 2.43. The number of halogens is 1. The van der Waals surface area contributed by atoms with Crippen molar-refractivity contribution in [3.8, 4) is 11.5 Å². The van der Waals surface area contributed by atoms with Crippen LogP contribution in [0.5, 0.6) is 11.5 Å². The summed E-state index contributed by atoms with van der Waals surface area (Å²) < 4.78 is 14.9. The van der Waals surface area contributed by atoms with Gasteiger partial charge >= 0.3 is 5.97 Å². The van der Waals surface area contributed by atoms with E-state index in [9.17, 15) is 34.1 Å². The summed E-state index contributed by atoms with van der Waals surface area (Å²) in [7, 11) is 3.48. The fourth-order valence-corrected chi connectivity index (χ4v) is 5.69. The Morgan fingerprint density at radius 1 is 0.900 bits per heavy atom. The van der Waals surface area contributed by atoms with Crippen molar-refractivity contribution in [2.24, 2.45) is 11.8 Å². The Hall–Kier alpha value is -4.08. The van der Waals surface area contributed by atoms with Crippen molar-refractivity contribution >= 4 is 17.5 Å². The molecule has 3 aromatic rings. The minimum Gasteiger partial charge on any atom is -0.508 e. The maximum atomic E-state index is 14.9. The molecule has 0 aliphatic carbocycles. The van der Waals surface area contributed by atoms with Gasteiger partial charge in [-0.05, 0) is 62.5 Å². The van der Waals surface area contributed by atoms with Crippen LogP contribution in [0.25, 0.3) is 0 Å². The van der Waals surface area contributed by atoms with Gasteiger partial charge in [-0.2, -0.15) is 0 Å². The molecular weight excluding hydrogens is 515 g/mol. The zero-order chi connectivity index (χ0) is 29.1. The third-order valence-electron chi connectivity index (χ3n) is 7.60. The molecule has 0 spiro atoms. The number of Topliss-reactive ketones (excluding diaryl/α,β-unsaturated/α-hetero) is 2. The van der Waals surface area contributed by atoms with Crippen LogP contribution in [-0.4, -0.2) is 82.4 Å². The van der Waals surface area contributed by atoms with Crippen molar-refractivity contribution in [1.29, 1.82) is 0 Å². The van der Waals surface area contributed by atoms with Gasteiger partial charge in [-0.15, -0.1) is 0 Å². The van der Waals surface area contributed by atoms with Crippen LogP contribution in [0.4, 0.5) is 4.39 Å². The minimum atomic E-state index is -1.10. The fraction of sp³-hybridized carbons (Fsp3) is 0.323. The number of likely N-dealkylation sites (tertiary alicyclic amines) is 1. The minimum absolute atomic E-state index is 0.00371. The molecule has 1 saturated heterocycles. The smallest absolute Gasteiger partial charge is 0.322 e. The lowest BCUT2D eigenvalue weighted by Crippen LogP contribution is -2.57. The van der Waals surface area contributed by atoms with E-state index in [1.807, 2.05) is 0 Å². The lowest BCUT2D eigenvalue weighted by atomic mass is 9.67. The lowest BCUT2D eigenvalue weighted by Gasteiger charge is -2.45. The number of phenolic OH excluding ortho intramolecular Hbond substituents is 2. The molecule has 3 aromatic carbocycles. The Balaban J connectivity index is 1.92. The van der Waals surface area contributed by atoms with E-state index in [1.54, 1.807) is 49.0 Å². The summed E-state index contributed by atoms with van der Waals surface area (Å²) in [6, 6.07) is 15.2. The van der Waals surface area contributed by atoms with Crippen molar-refractivity contribution in [2.75, 3.05) is 33.7 Å². The number of phenols is 2. The summed E-state index contributed by atoms with van der Waals surface area (Å²) in [5, 5.41) is 30.3. The number of carbonyl (C=O) groups excluding carboxylic acids is 2. The maximum Gasteiger partial charge on any atom is 0.322 e. The number of hydrogen-bond acceptors (Lipinski definition) is 7. The number of aliphatic carboxylic acids is 1. The van der Waals surface area contributed by atoms with Crippen molar-refractivity contribution < 1.29 is 34.1 Å². The fourth-order valence-electron chi connectivity index (χ4n) is 5.69. The topological polar surface area (TPSA) is 118 Å². The molecule has 210 valence electrons. The molecule has 0 saturated carbocycles. The molecule has 3 atom stereocenters. The third kappa shape index (κ3) is 6.05. The Morgan fingerprint density at radius 2 is 1.40 bits per heavy atom. The third-order valence-corrected chi connectivity index (χ3v) is 7.60. The van der Waals surface area contributed by atoms with Crippen LogP contribution in [0.1, 0.15) is 37.8 Å². The zero-order valence-electron chi connectivity index (χ0n) is 22.6. The first-order valence-corrected chi connectivity index (χ1v) is 13.0. The molecule has 9 heteroatoms. The van der Waals surface area contributed by atoms with Crippen LogP contribution in [0.3, 0.4) is 0 Å². The van der Waals surface area contributed by atoms with Crippen LogP contribution in [0.2, 0.25) is 0 Å². The van der Waals surface area contributed by atoms with Gasteiger partial charge in [0, 0.05) is 48.5 Å². The van der Waals surface area contributed by atoms with Gasteiger partial charge < -0.3 is 20.2 Å². The molecule has 8 nitrogen and oxygen atoms in total. The van der Waals surface area contributed by atoms with Gasteiger partial charge in [0.15, 0.2) is 11.6 Å². The number of carboxylic acid groups (broad SMARTS) is 1. The van der Waals surface area contributed by atoms with E-state index >= 15 is 0 Å². The highest BCUT2D eigenvalue weighted by molar-refractivity contribution is 6.02. The molecule has 0 bridgehead atoms.